The number of fused-ring (bicyclic) bond motifs is 1. The largest absolute Gasteiger partial charge is 0.373 e. The molecule has 3 heterocycles. The van der Waals surface area contributed by atoms with E-state index in [1.54, 1.807) is 0 Å². The van der Waals surface area contributed by atoms with Gasteiger partial charge in [-0.05, 0) is 19.8 Å². The Hall–Kier alpha value is -0.810. The Morgan fingerprint density at radius 1 is 1.35 bits per heavy atom. The summed E-state index contributed by atoms with van der Waals surface area (Å²) in [6.45, 7) is 2.92. The first kappa shape index (κ1) is 11.3. The zero-order chi connectivity index (χ0) is 11.9. The van der Waals surface area contributed by atoms with Gasteiger partial charge in [0.2, 0.25) is 0 Å². The van der Waals surface area contributed by atoms with Crippen LogP contribution in [0.5, 0.6) is 0 Å². The van der Waals surface area contributed by atoms with Gasteiger partial charge in [0.15, 0.2) is 5.82 Å². The number of hydrogen-bond acceptors (Lipinski definition) is 5. The highest BCUT2D eigenvalue weighted by molar-refractivity contribution is 7.98. The van der Waals surface area contributed by atoms with Crippen molar-refractivity contribution in [1.29, 1.82) is 0 Å². The van der Waals surface area contributed by atoms with Gasteiger partial charge in [-0.25, -0.2) is 9.97 Å². The van der Waals surface area contributed by atoms with Crippen LogP contribution in [0.25, 0.3) is 0 Å². The van der Waals surface area contributed by atoms with E-state index in [0.717, 1.165) is 42.6 Å². The quantitative estimate of drug-likeness (QED) is 0.874. The molecule has 3 rings (SSSR count). The minimum atomic E-state index is -0.284. The van der Waals surface area contributed by atoms with Crippen LogP contribution in [0.4, 0.5) is 5.82 Å². The molecule has 0 bridgehead atoms. The second kappa shape index (κ2) is 4.14. The van der Waals surface area contributed by atoms with Crippen LogP contribution in [0.2, 0.25) is 0 Å². The molecule has 2 aliphatic rings. The van der Waals surface area contributed by atoms with Crippen LogP contribution in [0.1, 0.15) is 36.8 Å². The predicted molar refractivity (Wildman–Crippen MR) is 69.1 cm³/mol. The van der Waals surface area contributed by atoms with Gasteiger partial charge in [-0.3, -0.25) is 0 Å². The molecule has 1 aromatic rings. The topological polar surface area (TPSA) is 47.0 Å². The molecule has 0 amide bonds. The Balaban J connectivity index is 2.06. The van der Waals surface area contributed by atoms with Crippen LogP contribution in [0, 0.1) is 0 Å². The van der Waals surface area contributed by atoms with E-state index in [9.17, 15) is 0 Å². The van der Waals surface area contributed by atoms with E-state index in [2.05, 4.69) is 17.2 Å². The normalized spacial score (nSPS) is 27.2. The number of anilines is 1. The molecule has 2 aliphatic heterocycles. The summed E-state index contributed by atoms with van der Waals surface area (Å²) in [5.74, 6) is 3.84. The highest BCUT2D eigenvalue weighted by Gasteiger charge is 2.36. The van der Waals surface area contributed by atoms with Crippen molar-refractivity contribution < 1.29 is 4.74 Å². The third kappa shape index (κ3) is 1.81. The van der Waals surface area contributed by atoms with Crippen LogP contribution in [-0.4, -0.2) is 23.6 Å². The van der Waals surface area contributed by atoms with Gasteiger partial charge in [0.05, 0.1) is 5.69 Å². The van der Waals surface area contributed by atoms with Crippen LogP contribution >= 0.6 is 11.8 Å². The Bertz CT molecular complexity index is 444. The Morgan fingerprint density at radius 2 is 2.24 bits per heavy atom. The second-order valence-electron chi connectivity index (χ2n) is 4.75. The minimum Gasteiger partial charge on any atom is -0.373 e. The van der Waals surface area contributed by atoms with Gasteiger partial charge in [0, 0.05) is 30.7 Å². The fourth-order valence-corrected chi connectivity index (χ4v) is 3.49. The SMILES string of the molecule is CNc1nc(C2(C)CCCO2)nc2c1CSC2. The summed E-state index contributed by atoms with van der Waals surface area (Å²) in [6.07, 6.45) is 2.11. The molecule has 0 radical (unpaired) electrons. The van der Waals surface area contributed by atoms with Crippen molar-refractivity contribution in [3.63, 3.8) is 0 Å². The molecule has 0 saturated carbocycles. The second-order valence-corrected chi connectivity index (χ2v) is 5.73. The number of hydrogen-bond donors (Lipinski definition) is 1. The maximum absolute atomic E-state index is 5.83. The smallest absolute Gasteiger partial charge is 0.162 e. The van der Waals surface area contributed by atoms with Crippen molar-refractivity contribution in [3.05, 3.63) is 17.1 Å². The molecule has 1 aromatic heterocycles. The number of ether oxygens (including phenoxy) is 1. The average Bonchev–Trinajstić information content (AvgIpc) is 2.96. The molecule has 5 heteroatoms. The average molecular weight is 251 g/mol. The van der Waals surface area contributed by atoms with E-state index in [1.165, 1.54) is 11.3 Å². The molecule has 92 valence electrons. The van der Waals surface area contributed by atoms with Gasteiger partial charge in [-0.15, -0.1) is 0 Å². The first-order valence-corrected chi connectivity index (χ1v) is 7.18. The van der Waals surface area contributed by atoms with Gasteiger partial charge < -0.3 is 10.1 Å². The summed E-state index contributed by atoms with van der Waals surface area (Å²) >= 11 is 1.90. The van der Waals surface area contributed by atoms with Crippen molar-refractivity contribution in [1.82, 2.24) is 9.97 Å². The molecular formula is C12H17N3OS. The van der Waals surface area contributed by atoms with E-state index in [-0.39, 0.29) is 5.60 Å². The molecule has 1 N–H and O–H groups in total. The summed E-state index contributed by atoms with van der Waals surface area (Å²) in [4.78, 5) is 9.37. The van der Waals surface area contributed by atoms with Crippen molar-refractivity contribution in [2.24, 2.45) is 0 Å². The summed E-state index contributed by atoms with van der Waals surface area (Å²) < 4.78 is 5.83. The van der Waals surface area contributed by atoms with Crippen molar-refractivity contribution in [3.8, 4) is 0 Å². The lowest BCUT2D eigenvalue weighted by atomic mass is 10.0. The number of rotatable bonds is 2. The number of thioether (sulfide) groups is 1. The predicted octanol–water partition coefficient (Wildman–Crippen LogP) is 2.29. The molecular weight excluding hydrogens is 234 g/mol. The third-order valence-corrected chi connectivity index (χ3v) is 4.48. The fraction of sp³-hybridized carbons (Fsp3) is 0.667. The lowest BCUT2D eigenvalue weighted by molar-refractivity contribution is 0.00929. The summed E-state index contributed by atoms with van der Waals surface area (Å²) in [5, 5.41) is 3.19. The highest BCUT2D eigenvalue weighted by atomic mass is 32.2. The highest BCUT2D eigenvalue weighted by Crippen LogP contribution is 2.38. The molecule has 4 nitrogen and oxygen atoms in total. The maximum Gasteiger partial charge on any atom is 0.162 e. The van der Waals surface area contributed by atoms with E-state index >= 15 is 0 Å². The first-order chi connectivity index (χ1) is 8.23. The molecule has 0 aromatic carbocycles. The molecule has 1 atom stereocenters. The summed E-state index contributed by atoms with van der Waals surface area (Å²) in [6, 6.07) is 0. The van der Waals surface area contributed by atoms with Crippen molar-refractivity contribution in [2.45, 2.75) is 36.9 Å². The first-order valence-electron chi connectivity index (χ1n) is 6.03. The monoisotopic (exact) mass is 251 g/mol. The number of aromatic nitrogens is 2. The standard InChI is InChI=1S/C12H17N3OS/c1-12(4-3-5-16-12)11-14-9-7-17-6-8(9)10(13-2)15-11/h3-7H2,1-2H3,(H,13,14,15). The van der Waals surface area contributed by atoms with Crippen molar-refractivity contribution >= 4 is 17.6 Å². The Morgan fingerprint density at radius 3 is 2.94 bits per heavy atom. The van der Waals surface area contributed by atoms with Crippen LogP contribution in [0.3, 0.4) is 0 Å². The fourth-order valence-electron chi connectivity index (χ4n) is 2.45. The Labute approximate surface area is 106 Å². The minimum absolute atomic E-state index is 0.284. The molecule has 17 heavy (non-hydrogen) atoms. The van der Waals surface area contributed by atoms with E-state index < -0.39 is 0 Å². The van der Waals surface area contributed by atoms with Crippen LogP contribution in [0.15, 0.2) is 0 Å². The third-order valence-electron chi connectivity index (χ3n) is 3.51. The zero-order valence-electron chi connectivity index (χ0n) is 10.2. The van der Waals surface area contributed by atoms with Crippen LogP contribution < -0.4 is 5.32 Å². The lowest BCUT2D eigenvalue weighted by Gasteiger charge is -2.22. The molecule has 1 fully saturated rings. The van der Waals surface area contributed by atoms with Crippen LogP contribution in [-0.2, 0) is 21.8 Å². The van der Waals surface area contributed by atoms with E-state index in [1.807, 2.05) is 18.8 Å². The zero-order valence-corrected chi connectivity index (χ0v) is 11.1. The maximum atomic E-state index is 5.83. The number of nitrogens with zero attached hydrogens (tertiary/aromatic N) is 2. The molecule has 0 aliphatic carbocycles. The van der Waals surface area contributed by atoms with Gasteiger partial charge in [0.25, 0.3) is 0 Å². The van der Waals surface area contributed by atoms with Gasteiger partial charge in [-0.2, -0.15) is 11.8 Å². The molecule has 0 spiro atoms. The summed E-state index contributed by atoms with van der Waals surface area (Å²) in [5.41, 5.74) is 2.16. The summed E-state index contributed by atoms with van der Waals surface area (Å²) in [7, 11) is 1.92. The van der Waals surface area contributed by atoms with Gasteiger partial charge >= 0.3 is 0 Å². The lowest BCUT2D eigenvalue weighted by Crippen LogP contribution is -2.24. The van der Waals surface area contributed by atoms with Gasteiger partial charge in [-0.1, -0.05) is 0 Å². The van der Waals surface area contributed by atoms with E-state index in [0.29, 0.717) is 0 Å². The van der Waals surface area contributed by atoms with E-state index in [4.69, 9.17) is 9.72 Å². The molecule has 1 unspecified atom stereocenters. The van der Waals surface area contributed by atoms with Crippen molar-refractivity contribution in [2.75, 3.05) is 19.0 Å². The Kier molecular flexibility index (Phi) is 2.75. The van der Waals surface area contributed by atoms with Gasteiger partial charge in [0.1, 0.15) is 11.4 Å². The number of nitrogens with one attached hydrogen (secondary N) is 1. The molecule has 1 saturated heterocycles.